The Hall–Kier alpha value is -2.91. The maximum Gasteiger partial charge on any atom is 0.326 e. The van der Waals surface area contributed by atoms with Crippen LogP contribution < -0.4 is 9.88 Å². The molecule has 16 heteroatoms. The summed E-state index contributed by atoms with van der Waals surface area (Å²) in [6.45, 7) is 3.93. The first kappa shape index (κ1) is 35.4. The molecule has 252 valence electrons. The topological polar surface area (TPSA) is 143 Å². The highest BCUT2D eigenvalue weighted by atomic mass is 35.5. The fourth-order valence-electron chi connectivity index (χ4n) is 5.67. The summed E-state index contributed by atoms with van der Waals surface area (Å²) in [7, 11) is -7.42. The summed E-state index contributed by atoms with van der Waals surface area (Å²) in [5.41, 5.74) is 1.70. The minimum absolute atomic E-state index is 0.0223. The molecule has 0 saturated carbocycles. The number of benzene rings is 3. The second-order valence-electron chi connectivity index (χ2n) is 11.3. The lowest BCUT2D eigenvalue weighted by atomic mass is 9.93. The van der Waals surface area contributed by atoms with Crippen LogP contribution >= 0.6 is 34.8 Å². The van der Waals surface area contributed by atoms with Crippen molar-refractivity contribution in [3.8, 4) is 5.75 Å². The molecule has 5 rings (SSSR count). The Morgan fingerprint density at radius 3 is 2.02 bits per heavy atom. The van der Waals surface area contributed by atoms with Gasteiger partial charge in [0.15, 0.2) is 0 Å². The summed E-state index contributed by atoms with van der Waals surface area (Å²) < 4.78 is 54.6. The van der Waals surface area contributed by atoms with Gasteiger partial charge in [0.1, 0.15) is 32.4 Å². The zero-order valence-electron chi connectivity index (χ0n) is 25.6. The Kier molecular flexibility index (Phi) is 10.8. The van der Waals surface area contributed by atoms with Crippen molar-refractivity contribution in [2.45, 2.75) is 23.9 Å². The van der Waals surface area contributed by atoms with E-state index >= 15 is 0 Å². The smallest absolute Gasteiger partial charge is 0.326 e. The van der Waals surface area contributed by atoms with Crippen LogP contribution in [0.15, 0.2) is 70.6 Å². The van der Waals surface area contributed by atoms with Crippen LogP contribution in [0.3, 0.4) is 0 Å². The number of carbonyl (C=O) groups excluding carboxylic acids is 1. The van der Waals surface area contributed by atoms with Crippen molar-refractivity contribution in [1.29, 1.82) is 0 Å². The standard InChI is InChI=1S/C31H34Cl3N5O6S2/c1-3-45-26-19-25(34)27(47(35,43)44)18-24(26)30-36-28(20-4-8-22(32)9-5-20)29(21-6-10-23(33)11-7-21)39(30)31(40)38-14-12-37(13-15-38)16-17-46(2,41)42/h4-11,18-19,28-29H,3,12-17H2,1-2H3,(H2,35,43,44)/t28-,29+/m0/s1. The third-order valence-corrected chi connectivity index (χ3v) is 10.8. The number of aliphatic imine (C=N–C) groups is 1. The van der Waals surface area contributed by atoms with Crippen molar-refractivity contribution in [2.24, 2.45) is 10.1 Å². The van der Waals surface area contributed by atoms with Crippen molar-refractivity contribution in [3.63, 3.8) is 0 Å². The number of nitrogens with zero attached hydrogens (tertiary/aromatic N) is 4. The van der Waals surface area contributed by atoms with E-state index in [4.69, 9.17) is 49.7 Å². The van der Waals surface area contributed by atoms with Gasteiger partial charge in [-0.3, -0.25) is 14.8 Å². The third-order valence-electron chi connectivity index (χ3n) is 8.00. The number of amidine groups is 1. The second kappa shape index (κ2) is 14.3. The van der Waals surface area contributed by atoms with Crippen LogP contribution in [-0.4, -0.2) is 94.7 Å². The molecule has 3 aromatic carbocycles. The monoisotopic (exact) mass is 741 g/mol. The molecule has 1 fully saturated rings. The summed E-state index contributed by atoms with van der Waals surface area (Å²) in [4.78, 5) is 24.7. The molecule has 2 N–H and O–H groups in total. The van der Waals surface area contributed by atoms with E-state index in [9.17, 15) is 21.6 Å². The molecule has 11 nitrogen and oxygen atoms in total. The first-order valence-corrected chi connectivity index (χ1v) is 19.5. The molecule has 2 aliphatic rings. The fraction of sp³-hybridized carbons (Fsp3) is 0.355. The molecule has 0 radical (unpaired) electrons. The van der Waals surface area contributed by atoms with Crippen LogP contribution in [0.5, 0.6) is 5.75 Å². The number of hydrogen-bond donors (Lipinski definition) is 1. The van der Waals surface area contributed by atoms with Gasteiger partial charge in [-0.05, 0) is 48.4 Å². The number of nitrogens with two attached hydrogens (primary N) is 1. The van der Waals surface area contributed by atoms with Gasteiger partial charge in [0.25, 0.3) is 0 Å². The number of carbonyl (C=O) groups is 1. The minimum Gasteiger partial charge on any atom is -0.493 e. The summed E-state index contributed by atoms with van der Waals surface area (Å²) in [5.74, 6) is 0.409. The van der Waals surface area contributed by atoms with Crippen molar-refractivity contribution >= 4 is 66.5 Å². The number of sulfonamides is 1. The highest BCUT2D eigenvalue weighted by molar-refractivity contribution is 7.90. The number of halogens is 3. The van der Waals surface area contributed by atoms with Crippen molar-refractivity contribution in [3.05, 3.63) is 92.4 Å². The molecule has 0 aliphatic carbocycles. The molecule has 2 atom stereocenters. The lowest BCUT2D eigenvalue weighted by Gasteiger charge is -2.39. The van der Waals surface area contributed by atoms with E-state index in [1.165, 1.54) is 18.4 Å². The molecule has 0 aromatic heterocycles. The zero-order valence-corrected chi connectivity index (χ0v) is 29.5. The fourth-order valence-corrected chi connectivity index (χ4v) is 7.60. The molecule has 2 amide bonds. The number of sulfone groups is 1. The van der Waals surface area contributed by atoms with Gasteiger partial charge >= 0.3 is 6.03 Å². The molecule has 1 saturated heterocycles. The normalized spacial score (nSPS) is 19.1. The minimum atomic E-state index is -4.27. The van der Waals surface area contributed by atoms with Crippen molar-refractivity contribution in [1.82, 2.24) is 14.7 Å². The van der Waals surface area contributed by atoms with Gasteiger partial charge in [-0.2, -0.15) is 0 Å². The van der Waals surface area contributed by atoms with E-state index in [0.717, 1.165) is 11.1 Å². The van der Waals surface area contributed by atoms with Gasteiger partial charge in [-0.25, -0.2) is 26.8 Å². The largest absolute Gasteiger partial charge is 0.493 e. The number of urea groups is 1. The number of rotatable bonds is 9. The SMILES string of the molecule is CCOc1cc(Cl)c(S(N)(=O)=O)cc1C1=N[C@@H](c2ccc(Cl)cc2)[C@@H](c2ccc(Cl)cc2)N1C(=O)N1CCN(CCS(C)(=O)=O)CC1. The van der Waals surface area contributed by atoms with Crippen LogP contribution in [-0.2, 0) is 19.9 Å². The number of hydrogen-bond acceptors (Lipinski definition) is 8. The maximum absolute atomic E-state index is 14.7. The number of amides is 2. The first-order valence-electron chi connectivity index (χ1n) is 14.7. The number of primary sulfonamides is 1. The number of ether oxygens (including phenoxy) is 1. The molecular weight excluding hydrogens is 709 g/mol. The van der Waals surface area contributed by atoms with E-state index in [1.807, 2.05) is 29.2 Å². The molecule has 47 heavy (non-hydrogen) atoms. The first-order chi connectivity index (χ1) is 22.2. The summed E-state index contributed by atoms with van der Waals surface area (Å²) in [6.07, 6.45) is 1.20. The lowest BCUT2D eigenvalue weighted by Crippen LogP contribution is -2.54. The second-order valence-corrected chi connectivity index (χ2v) is 16.4. The molecule has 0 unspecified atom stereocenters. The molecule has 2 heterocycles. The molecule has 2 aliphatic heterocycles. The average Bonchev–Trinajstić information content (AvgIpc) is 3.40. The van der Waals surface area contributed by atoms with Crippen molar-refractivity contribution < 1.29 is 26.4 Å². The maximum atomic E-state index is 14.7. The molecular formula is C31H34Cl3N5O6S2. The average molecular weight is 743 g/mol. The van der Waals surface area contributed by atoms with Gasteiger partial charge in [-0.1, -0.05) is 59.1 Å². The van der Waals surface area contributed by atoms with Gasteiger partial charge in [-0.15, -0.1) is 0 Å². The molecule has 3 aromatic rings. The van der Waals surface area contributed by atoms with Crippen LogP contribution in [0.4, 0.5) is 4.79 Å². The molecule has 0 bridgehead atoms. The van der Waals surface area contributed by atoms with Crippen LogP contribution in [0.1, 0.15) is 35.7 Å². The van der Waals surface area contributed by atoms with Crippen LogP contribution in [0.2, 0.25) is 15.1 Å². The Labute approximate surface area is 289 Å². The quantitative estimate of drug-likeness (QED) is 0.325. The highest BCUT2D eigenvalue weighted by Gasteiger charge is 2.45. The zero-order chi connectivity index (χ0) is 34.1. The van der Waals surface area contributed by atoms with Gasteiger partial charge < -0.3 is 9.64 Å². The summed E-state index contributed by atoms with van der Waals surface area (Å²) >= 11 is 18.8. The van der Waals surface area contributed by atoms with E-state index in [2.05, 4.69) is 0 Å². The third kappa shape index (κ3) is 8.22. The predicted molar refractivity (Wildman–Crippen MR) is 184 cm³/mol. The van der Waals surface area contributed by atoms with Crippen LogP contribution in [0.25, 0.3) is 0 Å². The van der Waals surface area contributed by atoms with E-state index in [1.54, 1.807) is 41.0 Å². The Morgan fingerprint density at radius 1 is 0.915 bits per heavy atom. The van der Waals surface area contributed by atoms with Crippen molar-refractivity contribution in [2.75, 3.05) is 51.3 Å². The van der Waals surface area contributed by atoms with Gasteiger partial charge in [0.05, 0.1) is 29.0 Å². The Morgan fingerprint density at radius 2 is 1.49 bits per heavy atom. The predicted octanol–water partition coefficient (Wildman–Crippen LogP) is 5.02. The lowest BCUT2D eigenvalue weighted by molar-refractivity contribution is 0.122. The van der Waals surface area contributed by atoms with Gasteiger partial charge in [0, 0.05) is 55.1 Å². The summed E-state index contributed by atoms with van der Waals surface area (Å²) in [6, 6.07) is 15.1. The Balaban J connectivity index is 1.65. The Bertz CT molecular complexity index is 1880. The number of piperazine rings is 1. The highest BCUT2D eigenvalue weighted by Crippen LogP contribution is 2.46. The van der Waals surface area contributed by atoms with E-state index in [0.29, 0.717) is 42.8 Å². The van der Waals surface area contributed by atoms with E-state index in [-0.39, 0.29) is 45.5 Å². The van der Waals surface area contributed by atoms with Gasteiger partial charge in [0.2, 0.25) is 10.0 Å². The summed E-state index contributed by atoms with van der Waals surface area (Å²) in [5, 5.41) is 6.44. The molecule has 0 spiro atoms. The van der Waals surface area contributed by atoms with E-state index < -0.39 is 31.9 Å². The van der Waals surface area contributed by atoms with Crippen LogP contribution in [0, 0.1) is 0 Å².